The number of aryl methyl sites for hydroxylation is 1. The minimum Gasteiger partial charge on any atom is -0.387 e. The average Bonchev–Trinajstić information content (AvgIpc) is 2.54. The number of carbonyl (C=O) groups is 2. The molecule has 1 atom stereocenters. The van der Waals surface area contributed by atoms with Crippen LogP contribution in [0.5, 0.6) is 0 Å². The lowest BCUT2D eigenvalue weighted by atomic mass is 10.1. The number of hydrogen-bond donors (Lipinski definition) is 2. The molecule has 2 aromatic rings. The molecule has 0 saturated heterocycles. The topological polar surface area (TPSA) is 66.4 Å². The molecule has 4 nitrogen and oxygen atoms in total. The van der Waals surface area contributed by atoms with Crippen molar-refractivity contribution in [3.63, 3.8) is 0 Å². The van der Waals surface area contributed by atoms with Crippen LogP contribution in [0.25, 0.3) is 0 Å². The van der Waals surface area contributed by atoms with Crippen molar-refractivity contribution >= 4 is 23.3 Å². The van der Waals surface area contributed by atoms with Crippen LogP contribution in [0.3, 0.4) is 0 Å². The maximum Gasteiger partial charge on any atom is 0.292 e. The molecule has 6 heteroatoms. The van der Waals surface area contributed by atoms with Gasteiger partial charge in [0.15, 0.2) is 0 Å². The SMILES string of the molecule is Cc1ccc(C(=O)C(=O)NCC(O)c2ccc(Cl)c(F)c2)cc1. The quantitative estimate of drug-likeness (QED) is 0.652. The molecule has 0 spiro atoms. The second-order valence-corrected chi connectivity index (χ2v) is 5.50. The summed E-state index contributed by atoms with van der Waals surface area (Å²) in [5.74, 6) is -2.19. The number of amides is 1. The summed E-state index contributed by atoms with van der Waals surface area (Å²) >= 11 is 5.56. The fraction of sp³-hybridized carbons (Fsp3) is 0.176. The summed E-state index contributed by atoms with van der Waals surface area (Å²) in [6.07, 6.45) is -1.14. The summed E-state index contributed by atoms with van der Waals surface area (Å²) in [6.45, 7) is 1.66. The fourth-order valence-corrected chi connectivity index (χ4v) is 2.06. The van der Waals surface area contributed by atoms with E-state index in [1.807, 2.05) is 6.92 Å². The summed E-state index contributed by atoms with van der Waals surface area (Å²) in [5.41, 5.74) is 1.50. The molecular formula is C17H15ClFNO3. The number of aliphatic hydroxyl groups is 1. The Morgan fingerprint density at radius 2 is 1.87 bits per heavy atom. The maximum absolute atomic E-state index is 13.3. The van der Waals surface area contributed by atoms with E-state index in [0.717, 1.165) is 11.6 Å². The second kappa shape index (κ2) is 7.35. The standard InChI is InChI=1S/C17H15ClFNO3/c1-10-2-4-11(5-3-10)16(22)17(23)20-9-15(21)12-6-7-13(18)14(19)8-12/h2-8,15,21H,9H2,1H3,(H,20,23). The van der Waals surface area contributed by atoms with Gasteiger partial charge in [0, 0.05) is 12.1 Å². The summed E-state index contributed by atoms with van der Waals surface area (Å²) in [7, 11) is 0. The molecule has 1 amide bonds. The van der Waals surface area contributed by atoms with Crippen LogP contribution in [0.4, 0.5) is 4.39 Å². The molecule has 0 heterocycles. The minimum absolute atomic E-state index is 0.0560. The summed E-state index contributed by atoms with van der Waals surface area (Å²) < 4.78 is 13.3. The lowest BCUT2D eigenvalue weighted by molar-refractivity contribution is -0.117. The van der Waals surface area contributed by atoms with Crippen molar-refractivity contribution in [1.29, 1.82) is 0 Å². The summed E-state index contributed by atoms with van der Waals surface area (Å²) in [4.78, 5) is 23.8. The third kappa shape index (κ3) is 4.37. The molecule has 2 N–H and O–H groups in total. The molecule has 0 radical (unpaired) electrons. The highest BCUT2D eigenvalue weighted by Gasteiger charge is 2.18. The first-order valence-electron chi connectivity index (χ1n) is 6.90. The van der Waals surface area contributed by atoms with Crippen molar-refractivity contribution in [2.45, 2.75) is 13.0 Å². The highest BCUT2D eigenvalue weighted by molar-refractivity contribution is 6.42. The predicted octanol–water partition coefficient (Wildman–Crippen LogP) is 2.82. The van der Waals surface area contributed by atoms with Gasteiger partial charge in [0.1, 0.15) is 5.82 Å². The smallest absolute Gasteiger partial charge is 0.292 e. The molecule has 0 saturated carbocycles. The van der Waals surface area contributed by atoms with Gasteiger partial charge in [0.05, 0.1) is 11.1 Å². The van der Waals surface area contributed by atoms with Gasteiger partial charge in [-0.1, -0.05) is 47.5 Å². The molecule has 0 aromatic heterocycles. The molecule has 0 aliphatic carbocycles. The van der Waals surface area contributed by atoms with Gasteiger partial charge in [-0.2, -0.15) is 0 Å². The highest BCUT2D eigenvalue weighted by Crippen LogP contribution is 2.19. The van der Waals surface area contributed by atoms with Gasteiger partial charge in [-0.25, -0.2) is 4.39 Å². The van der Waals surface area contributed by atoms with E-state index in [9.17, 15) is 19.1 Å². The zero-order chi connectivity index (χ0) is 17.0. The molecule has 0 bridgehead atoms. The number of hydrogen-bond acceptors (Lipinski definition) is 3. The van der Waals surface area contributed by atoms with Gasteiger partial charge in [-0.3, -0.25) is 9.59 Å². The number of rotatable bonds is 5. The van der Waals surface area contributed by atoms with E-state index in [0.29, 0.717) is 0 Å². The number of Topliss-reactive ketones (excluding diaryl/α,β-unsaturated/α-hetero) is 1. The van der Waals surface area contributed by atoms with Crippen molar-refractivity contribution in [2.24, 2.45) is 0 Å². The number of carbonyl (C=O) groups excluding carboxylic acids is 2. The Kier molecular flexibility index (Phi) is 5.47. The Balaban J connectivity index is 1.96. The van der Waals surface area contributed by atoms with Crippen molar-refractivity contribution in [3.05, 3.63) is 70.0 Å². The first kappa shape index (κ1) is 17.1. The lowest BCUT2D eigenvalue weighted by Gasteiger charge is -2.12. The number of nitrogens with one attached hydrogen (secondary N) is 1. The predicted molar refractivity (Wildman–Crippen MR) is 84.9 cm³/mol. The molecule has 0 aliphatic heterocycles. The van der Waals surface area contributed by atoms with Crippen LogP contribution < -0.4 is 5.32 Å². The number of aliphatic hydroxyl groups excluding tert-OH is 1. The molecular weight excluding hydrogens is 321 g/mol. The average molecular weight is 336 g/mol. The van der Waals surface area contributed by atoms with Crippen LogP contribution in [-0.2, 0) is 4.79 Å². The number of benzene rings is 2. The second-order valence-electron chi connectivity index (χ2n) is 5.09. The van der Waals surface area contributed by atoms with Crippen molar-refractivity contribution in [1.82, 2.24) is 5.32 Å². The molecule has 120 valence electrons. The first-order valence-corrected chi connectivity index (χ1v) is 7.28. The van der Waals surface area contributed by atoms with E-state index in [4.69, 9.17) is 11.6 Å². The van der Waals surface area contributed by atoms with Crippen LogP contribution >= 0.6 is 11.6 Å². The fourth-order valence-electron chi connectivity index (χ4n) is 1.94. The number of ketones is 1. The van der Waals surface area contributed by atoms with E-state index >= 15 is 0 Å². The zero-order valence-electron chi connectivity index (χ0n) is 12.3. The molecule has 1 unspecified atom stereocenters. The maximum atomic E-state index is 13.3. The van der Waals surface area contributed by atoms with Gasteiger partial charge in [0.2, 0.25) is 5.78 Å². The molecule has 23 heavy (non-hydrogen) atoms. The van der Waals surface area contributed by atoms with Crippen molar-refractivity contribution in [3.8, 4) is 0 Å². The first-order chi connectivity index (χ1) is 10.9. The van der Waals surface area contributed by atoms with E-state index in [1.54, 1.807) is 24.3 Å². The Morgan fingerprint density at radius 1 is 1.22 bits per heavy atom. The van der Waals surface area contributed by atoms with Crippen LogP contribution in [-0.4, -0.2) is 23.3 Å². The third-order valence-corrected chi connectivity index (χ3v) is 3.61. The van der Waals surface area contributed by atoms with Crippen LogP contribution in [0.2, 0.25) is 5.02 Å². The largest absolute Gasteiger partial charge is 0.387 e. The van der Waals surface area contributed by atoms with E-state index in [-0.39, 0.29) is 22.7 Å². The van der Waals surface area contributed by atoms with Crippen molar-refractivity contribution < 1.29 is 19.1 Å². The van der Waals surface area contributed by atoms with Crippen LogP contribution in [0.1, 0.15) is 27.6 Å². The molecule has 2 rings (SSSR count). The van der Waals surface area contributed by atoms with Crippen LogP contribution in [0.15, 0.2) is 42.5 Å². The monoisotopic (exact) mass is 335 g/mol. The van der Waals surface area contributed by atoms with Crippen molar-refractivity contribution in [2.75, 3.05) is 6.54 Å². The Labute approximate surface area is 137 Å². The van der Waals surface area contributed by atoms with Gasteiger partial charge in [0.25, 0.3) is 5.91 Å². The lowest BCUT2D eigenvalue weighted by Crippen LogP contribution is -2.34. The summed E-state index contributed by atoms with van der Waals surface area (Å²) in [5, 5.41) is 12.2. The minimum atomic E-state index is -1.14. The van der Waals surface area contributed by atoms with E-state index < -0.39 is 23.6 Å². The third-order valence-electron chi connectivity index (χ3n) is 3.30. The molecule has 0 fully saturated rings. The number of halogens is 2. The zero-order valence-corrected chi connectivity index (χ0v) is 13.1. The highest BCUT2D eigenvalue weighted by atomic mass is 35.5. The van der Waals surface area contributed by atoms with E-state index in [1.165, 1.54) is 12.1 Å². The Hall–Kier alpha value is -2.24. The Morgan fingerprint density at radius 3 is 2.48 bits per heavy atom. The van der Waals surface area contributed by atoms with Crippen LogP contribution in [0, 0.1) is 12.7 Å². The molecule has 2 aromatic carbocycles. The van der Waals surface area contributed by atoms with Gasteiger partial charge in [-0.05, 0) is 24.6 Å². The summed E-state index contributed by atoms with van der Waals surface area (Å²) in [6, 6.07) is 10.4. The molecule has 0 aliphatic rings. The normalized spacial score (nSPS) is 11.8. The van der Waals surface area contributed by atoms with Gasteiger partial charge >= 0.3 is 0 Å². The van der Waals surface area contributed by atoms with Gasteiger partial charge < -0.3 is 10.4 Å². The van der Waals surface area contributed by atoms with Gasteiger partial charge in [-0.15, -0.1) is 0 Å². The Bertz CT molecular complexity index is 731. The van der Waals surface area contributed by atoms with E-state index in [2.05, 4.69) is 5.32 Å².